The molecule has 2 atom stereocenters. The van der Waals surface area contributed by atoms with Crippen LogP contribution in [0.1, 0.15) is 25.1 Å². The van der Waals surface area contributed by atoms with Gasteiger partial charge in [-0.1, -0.05) is 23.4 Å². The standard InChI is InChI=1S/C24H23N5O9S2/c1-24(2,22(36)37)38-28-15(12-9-40-23(25)26-12)18(32)27-16-19(33)29-17(21(34)35)11(8-39-20(16)29)5-3-10-4-6-13(30)14(31)7-10/h3-7,9,16,20,30-31H,8H2,1-2H3,(H2,25,26)(H,27,32)(H,34,35)(H,36,37)/t16-,20-/m1/s1. The Kier molecular flexibility index (Phi) is 7.75. The van der Waals surface area contributed by atoms with Gasteiger partial charge in [0.2, 0.25) is 5.60 Å². The van der Waals surface area contributed by atoms with Crippen LogP contribution in [0.25, 0.3) is 6.08 Å². The Morgan fingerprint density at radius 1 is 1.23 bits per heavy atom. The number of carbonyl (C=O) groups excluding carboxylic acids is 2. The zero-order valence-electron chi connectivity index (χ0n) is 20.9. The summed E-state index contributed by atoms with van der Waals surface area (Å²) < 4.78 is 0. The van der Waals surface area contributed by atoms with Gasteiger partial charge in [0.05, 0.1) is 0 Å². The summed E-state index contributed by atoms with van der Waals surface area (Å²) in [6.07, 6.45) is 3.03. The van der Waals surface area contributed by atoms with Gasteiger partial charge in [-0.05, 0) is 37.1 Å². The fourth-order valence-corrected chi connectivity index (χ4v) is 5.49. The summed E-state index contributed by atoms with van der Waals surface area (Å²) in [6, 6.07) is 2.98. The van der Waals surface area contributed by atoms with Gasteiger partial charge in [-0.25, -0.2) is 14.6 Å². The monoisotopic (exact) mass is 589 g/mol. The maximum atomic E-state index is 13.2. The number of thioether (sulfide) groups is 1. The number of nitrogens with zero attached hydrogens (tertiary/aromatic N) is 3. The van der Waals surface area contributed by atoms with Crippen molar-refractivity contribution < 1.29 is 44.4 Å². The van der Waals surface area contributed by atoms with Crippen LogP contribution in [-0.2, 0) is 24.0 Å². The van der Waals surface area contributed by atoms with E-state index in [1.807, 2.05) is 0 Å². The molecule has 0 bridgehead atoms. The number of β-lactam (4-membered cyclic amide) rings is 1. The molecule has 0 unspecified atom stereocenters. The molecule has 2 aromatic rings. The number of phenols is 2. The third-order valence-electron chi connectivity index (χ3n) is 5.82. The van der Waals surface area contributed by atoms with Crippen molar-refractivity contribution in [3.05, 3.63) is 52.2 Å². The van der Waals surface area contributed by atoms with E-state index in [1.54, 1.807) is 0 Å². The van der Waals surface area contributed by atoms with Crippen LogP contribution < -0.4 is 11.1 Å². The molecule has 0 spiro atoms. The number of anilines is 1. The zero-order chi connectivity index (χ0) is 29.4. The largest absolute Gasteiger partial charge is 0.504 e. The Balaban J connectivity index is 1.55. The number of thiazole rings is 1. The first-order valence-electron chi connectivity index (χ1n) is 11.4. The zero-order valence-corrected chi connectivity index (χ0v) is 22.5. The SMILES string of the molecule is CC(C)(ON=C(C(=O)N[C@@H]1C(=O)N2C(C(=O)O)=C(C=Cc3ccc(O)c(O)c3)CS[C@H]12)c1csc(N)n1)C(=O)O. The smallest absolute Gasteiger partial charge is 0.352 e. The minimum absolute atomic E-state index is 0.0000682. The quantitative estimate of drug-likeness (QED) is 0.105. The lowest BCUT2D eigenvalue weighted by molar-refractivity contribution is -0.161. The summed E-state index contributed by atoms with van der Waals surface area (Å²) in [5.41, 5.74) is 4.02. The lowest BCUT2D eigenvalue weighted by atomic mass is 10.0. The van der Waals surface area contributed by atoms with Crippen molar-refractivity contribution in [2.24, 2.45) is 5.16 Å². The number of phenolic OH excluding ortho intramolecular Hbond substituents is 2. The van der Waals surface area contributed by atoms with Crippen molar-refractivity contribution in [2.75, 3.05) is 11.5 Å². The van der Waals surface area contributed by atoms with Gasteiger partial charge in [-0.3, -0.25) is 14.5 Å². The second-order valence-electron chi connectivity index (χ2n) is 9.04. The van der Waals surface area contributed by atoms with Crippen molar-refractivity contribution in [3.8, 4) is 11.5 Å². The van der Waals surface area contributed by atoms with Gasteiger partial charge in [-0.2, -0.15) is 0 Å². The molecule has 2 amide bonds. The van der Waals surface area contributed by atoms with Gasteiger partial charge in [0.1, 0.15) is 22.8 Å². The molecule has 0 aliphatic carbocycles. The number of aliphatic carboxylic acids is 2. The first-order chi connectivity index (χ1) is 18.8. The molecular weight excluding hydrogens is 566 g/mol. The first kappa shape index (κ1) is 28.4. The molecule has 3 heterocycles. The molecule has 14 nitrogen and oxygen atoms in total. The number of allylic oxidation sites excluding steroid dienone is 1. The molecule has 2 aliphatic rings. The fraction of sp³-hybridized carbons (Fsp3) is 0.250. The fourth-order valence-electron chi connectivity index (χ4n) is 3.62. The van der Waals surface area contributed by atoms with E-state index in [1.165, 1.54) is 61.3 Å². The number of aromatic hydroxyl groups is 2. The van der Waals surface area contributed by atoms with Crippen LogP contribution in [0.4, 0.5) is 5.13 Å². The van der Waals surface area contributed by atoms with Gasteiger partial charge >= 0.3 is 11.9 Å². The number of amides is 2. The average Bonchev–Trinajstić information content (AvgIpc) is 3.32. The molecule has 1 aromatic carbocycles. The first-order valence-corrected chi connectivity index (χ1v) is 13.4. The number of rotatable bonds is 9. The molecule has 1 fully saturated rings. The number of carbonyl (C=O) groups is 4. The summed E-state index contributed by atoms with van der Waals surface area (Å²) >= 11 is 2.22. The molecular formula is C24H23N5O9S2. The van der Waals surface area contributed by atoms with Crippen LogP contribution in [0.2, 0.25) is 0 Å². The van der Waals surface area contributed by atoms with E-state index in [2.05, 4.69) is 15.5 Å². The molecule has 1 saturated heterocycles. The number of aromatic nitrogens is 1. The molecule has 0 saturated carbocycles. The number of nitrogens with two attached hydrogens (primary N) is 1. The van der Waals surface area contributed by atoms with Crippen molar-refractivity contribution >= 4 is 63.8 Å². The average molecular weight is 590 g/mol. The van der Waals surface area contributed by atoms with Gasteiger partial charge in [0, 0.05) is 11.1 Å². The highest BCUT2D eigenvalue weighted by atomic mass is 32.2. The van der Waals surface area contributed by atoms with Crippen LogP contribution >= 0.6 is 23.1 Å². The summed E-state index contributed by atoms with van der Waals surface area (Å²) in [5, 5.41) is 45.3. The molecule has 40 heavy (non-hydrogen) atoms. The van der Waals surface area contributed by atoms with E-state index in [-0.39, 0.29) is 33.8 Å². The Bertz CT molecular complexity index is 1500. The number of fused-ring (bicyclic) bond motifs is 1. The summed E-state index contributed by atoms with van der Waals surface area (Å²) in [7, 11) is 0. The molecule has 0 radical (unpaired) electrons. The highest BCUT2D eigenvalue weighted by molar-refractivity contribution is 8.00. The number of nitrogen functional groups attached to an aromatic ring is 1. The minimum atomic E-state index is -1.78. The van der Waals surface area contributed by atoms with E-state index in [0.717, 1.165) is 16.2 Å². The van der Waals surface area contributed by atoms with Gasteiger partial charge in [0.15, 0.2) is 22.3 Å². The van der Waals surface area contributed by atoms with Gasteiger partial charge in [-0.15, -0.1) is 23.1 Å². The topological polar surface area (TPSA) is 225 Å². The number of benzene rings is 1. The highest BCUT2D eigenvalue weighted by Gasteiger charge is 2.54. The van der Waals surface area contributed by atoms with E-state index in [0.29, 0.717) is 11.1 Å². The molecule has 4 rings (SSSR count). The van der Waals surface area contributed by atoms with Crippen LogP contribution in [0.3, 0.4) is 0 Å². The molecule has 1 aromatic heterocycles. The summed E-state index contributed by atoms with van der Waals surface area (Å²) in [5.74, 6) is -4.73. The molecule has 7 N–H and O–H groups in total. The number of hydrogen-bond acceptors (Lipinski definition) is 12. The third kappa shape index (κ3) is 5.57. The predicted octanol–water partition coefficient (Wildman–Crippen LogP) is 1.17. The molecule has 16 heteroatoms. The Labute approximate surface area is 234 Å². The normalized spacial score (nSPS) is 19.3. The minimum Gasteiger partial charge on any atom is -0.504 e. The van der Waals surface area contributed by atoms with Gasteiger partial charge in [0.25, 0.3) is 11.8 Å². The van der Waals surface area contributed by atoms with Crippen molar-refractivity contribution in [1.82, 2.24) is 15.2 Å². The third-order valence-corrected chi connectivity index (χ3v) is 7.80. The predicted molar refractivity (Wildman–Crippen MR) is 144 cm³/mol. The second kappa shape index (κ2) is 10.9. The Hall–Kier alpha value is -4.57. The van der Waals surface area contributed by atoms with Crippen LogP contribution in [0.5, 0.6) is 11.5 Å². The maximum Gasteiger partial charge on any atom is 0.352 e. The Morgan fingerprint density at radius 3 is 2.55 bits per heavy atom. The van der Waals surface area contributed by atoms with Gasteiger partial charge < -0.3 is 36.3 Å². The number of carboxylic acids is 2. The number of nitrogens with one attached hydrogen (secondary N) is 1. The van der Waals surface area contributed by atoms with Crippen molar-refractivity contribution in [1.29, 1.82) is 0 Å². The summed E-state index contributed by atoms with van der Waals surface area (Å²) in [4.78, 5) is 59.8. The van der Waals surface area contributed by atoms with Crippen LogP contribution in [0.15, 0.2) is 46.1 Å². The summed E-state index contributed by atoms with van der Waals surface area (Å²) in [6.45, 7) is 2.46. The second-order valence-corrected chi connectivity index (χ2v) is 11.0. The van der Waals surface area contributed by atoms with E-state index < -0.39 is 46.5 Å². The van der Waals surface area contributed by atoms with Crippen molar-refractivity contribution in [3.63, 3.8) is 0 Å². The van der Waals surface area contributed by atoms with E-state index >= 15 is 0 Å². The number of carboxylic acid groups (broad SMARTS) is 2. The van der Waals surface area contributed by atoms with Crippen molar-refractivity contribution in [2.45, 2.75) is 30.9 Å². The number of hydrogen-bond donors (Lipinski definition) is 6. The Morgan fingerprint density at radius 2 is 1.95 bits per heavy atom. The van der Waals surface area contributed by atoms with E-state index in [4.69, 9.17) is 10.6 Å². The van der Waals surface area contributed by atoms with Crippen LogP contribution in [-0.4, -0.2) is 82.5 Å². The lowest BCUT2D eigenvalue weighted by Crippen LogP contribution is -2.71. The molecule has 210 valence electrons. The maximum absolute atomic E-state index is 13.2. The number of oxime groups is 1. The molecule has 2 aliphatic heterocycles. The van der Waals surface area contributed by atoms with E-state index in [9.17, 15) is 39.6 Å². The lowest BCUT2D eigenvalue weighted by Gasteiger charge is -2.49. The highest BCUT2D eigenvalue weighted by Crippen LogP contribution is 2.41. The van der Waals surface area contributed by atoms with Crippen LogP contribution in [0, 0.1) is 0 Å².